The first kappa shape index (κ1) is 16.2. The Morgan fingerprint density at radius 2 is 1.67 bits per heavy atom. The summed E-state index contributed by atoms with van der Waals surface area (Å²) in [6, 6.07) is 9.87. The molecule has 0 aromatic heterocycles. The van der Waals surface area contributed by atoms with Crippen LogP contribution in [0, 0.1) is 0 Å². The molecule has 0 unspecified atom stereocenters. The summed E-state index contributed by atoms with van der Waals surface area (Å²) in [5, 5.41) is 11.8. The molecule has 21 heavy (non-hydrogen) atoms. The highest BCUT2D eigenvalue weighted by molar-refractivity contribution is 9.11. The van der Waals surface area contributed by atoms with E-state index in [4.69, 9.17) is 0 Å². The molecule has 0 radical (unpaired) electrons. The lowest BCUT2D eigenvalue weighted by atomic mass is 10.1. The van der Waals surface area contributed by atoms with E-state index in [2.05, 4.69) is 53.1 Å². The lowest BCUT2D eigenvalue weighted by Gasteiger charge is -2.11. The highest BCUT2D eigenvalue weighted by Gasteiger charge is 2.17. The summed E-state index contributed by atoms with van der Waals surface area (Å²) in [7, 11) is 0. The molecule has 0 aliphatic carbocycles. The van der Waals surface area contributed by atoms with Crippen molar-refractivity contribution in [1.82, 2.24) is 0 Å². The molecule has 0 aliphatic heterocycles. The number of amides is 1. The van der Waals surface area contributed by atoms with Gasteiger partial charge in [0.25, 0.3) is 5.91 Å². The van der Waals surface area contributed by atoms with E-state index >= 15 is 0 Å². The number of carbonyl (C=O) groups is 2. The predicted molar refractivity (Wildman–Crippen MR) is 90.9 cm³/mol. The number of aromatic carboxylic acids is 1. The average Bonchev–Trinajstić information content (AvgIpc) is 2.43. The topological polar surface area (TPSA) is 66.4 Å². The van der Waals surface area contributed by atoms with Gasteiger partial charge in [-0.15, -0.1) is 0 Å². The second-order valence-corrected chi connectivity index (χ2v) is 6.67. The third-order valence-corrected chi connectivity index (χ3v) is 4.50. The van der Waals surface area contributed by atoms with Gasteiger partial charge in [-0.3, -0.25) is 4.79 Å². The summed E-state index contributed by atoms with van der Waals surface area (Å²) in [6.45, 7) is 0. The zero-order valence-electron chi connectivity index (χ0n) is 10.4. The van der Waals surface area contributed by atoms with E-state index in [1.807, 2.05) is 0 Å². The number of rotatable bonds is 3. The van der Waals surface area contributed by atoms with Crippen molar-refractivity contribution in [2.24, 2.45) is 0 Å². The Morgan fingerprint density at radius 1 is 0.952 bits per heavy atom. The third-order valence-electron chi connectivity index (χ3n) is 2.66. The molecule has 0 saturated carbocycles. The fourth-order valence-corrected chi connectivity index (χ4v) is 2.93. The normalized spacial score (nSPS) is 10.2. The monoisotopic (exact) mass is 475 g/mol. The summed E-state index contributed by atoms with van der Waals surface area (Å²) in [5.41, 5.74) is 0.641. The van der Waals surface area contributed by atoms with E-state index in [0.717, 1.165) is 4.47 Å². The quantitative estimate of drug-likeness (QED) is 0.659. The molecule has 0 atom stereocenters. The molecule has 0 bridgehead atoms. The second kappa shape index (κ2) is 6.72. The van der Waals surface area contributed by atoms with Gasteiger partial charge in [-0.1, -0.05) is 22.0 Å². The van der Waals surface area contributed by atoms with E-state index in [9.17, 15) is 14.7 Å². The summed E-state index contributed by atoms with van der Waals surface area (Å²) >= 11 is 9.85. The molecule has 2 rings (SSSR count). The molecule has 0 aliphatic rings. The minimum Gasteiger partial charge on any atom is -0.478 e. The molecule has 108 valence electrons. The fourth-order valence-electron chi connectivity index (χ4n) is 1.68. The predicted octanol–water partition coefficient (Wildman–Crippen LogP) is 4.92. The number of benzene rings is 2. The van der Waals surface area contributed by atoms with Crippen molar-refractivity contribution in [3.05, 3.63) is 60.9 Å². The van der Waals surface area contributed by atoms with Crippen LogP contribution in [-0.4, -0.2) is 17.0 Å². The molecule has 0 fully saturated rings. The van der Waals surface area contributed by atoms with E-state index in [1.54, 1.807) is 30.3 Å². The highest BCUT2D eigenvalue weighted by Crippen LogP contribution is 2.28. The summed E-state index contributed by atoms with van der Waals surface area (Å²) < 4.78 is 1.87. The maximum atomic E-state index is 12.3. The number of para-hydroxylation sites is 1. The van der Waals surface area contributed by atoms with Gasteiger partial charge in [0.2, 0.25) is 0 Å². The molecular weight excluding hydrogens is 470 g/mol. The maximum Gasteiger partial charge on any atom is 0.337 e. The molecule has 0 heterocycles. The minimum atomic E-state index is -1.11. The maximum absolute atomic E-state index is 12.3. The summed E-state index contributed by atoms with van der Waals surface area (Å²) in [6.07, 6.45) is 0. The molecule has 7 heteroatoms. The van der Waals surface area contributed by atoms with Crippen molar-refractivity contribution in [1.29, 1.82) is 0 Å². The van der Waals surface area contributed by atoms with E-state index in [-0.39, 0.29) is 11.3 Å². The van der Waals surface area contributed by atoms with Crippen molar-refractivity contribution >= 4 is 65.4 Å². The Hall–Kier alpha value is -1.18. The van der Waals surface area contributed by atoms with Gasteiger partial charge < -0.3 is 10.4 Å². The number of halogens is 3. The Balaban J connectivity index is 2.41. The Labute approximate surface area is 145 Å². The zero-order chi connectivity index (χ0) is 15.6. The summed E-state index contributed by atoms with van der Waals surface area (Å²) in [5.74, 6) is -1.52. The number of carbonyl (C=O) groups excluding carboxylic acids is 1. The van der Waals surface area contributed by atoms with Crippen LogP contribution in [0.25, 0.3) is 0 Å². The number of carboxylic acids is 1. The largest absolute Gasteiger partial charge is 0.478 e. The Bertz CT molecular complexity index is 731. The zero-order valence-corrected chi connectivity index (χ0v) is 15.1. The van der Waals surface area contributed by atoms with Crippen molar-refractivity contribution in [2.45, 2.75) is 0 Å². The van der Waals surface area contributed by atoms with Crippen LogP contribution in [0.3, 0.4) is 0 Å². The van der Waals surface area contributed by atoms with Gasteiger partial charge in [-0.05, 0) is 62.2 Å². The van der Waals surface area contributed by atoms with E-state index in [0.29, 0.717) is 14.5 Å². The number of nitrogens with one attached hydrogen (secondary N) is 1. The van der Waals surface area contributed by atoms with Gasteiger partial charge in [-0.2, -0.15) is 0 Å². The smallest absolute Gasteiger partial charge is 0.337 e. The summed E-state index contributed by atoms with van der Waals surface area (Å²) in [4.78, 5) is 23.6. The van der Waals surface area contributed by atoms with Crippen LogP contribution in [0.15, 0.2) is 49.8 Å². The molecular formula is C14H8Br3NO3. The average molecular weight is 478 g/mol. The first-order chi connectivity index (χ1) is 9.90. The standard InChI is InChI=1S/C14H8Br3NO3/c15-7-4-5-10(16)9(6-7)13(19)18-12-8(14(20)21)2-1-3-11(12)17/h1-6H,(H,18,19)(H,20,21). The van der Waals surface area contributed by atoms with Gasteiger partial charge in [0.15, 0.2) is 0 Å². The molecule has 2 aromatic rings. The van der Waals surface area contributed by atoms with Crippen molar-refractivity contribution in [3.8, 4) is 0 Å². The number of hydrogen-bond donors (Lipinski definition) is 2. The molecule has 0 saturated heterocycles. The Morgan fingerprint density at radius 3 is 2.33 bits per heavy atom. The second-order valence-electron chi connectivity index (χ2n) is 4.05. The van der Waals surface area contributed by atoms with Crippen LogP contribution < -0.4 is 5.32 Å². The number of carboxylic acid groups (broad SMARTS) is 1. The van der Waals surface area contributed by atoms with Gasteiger partial charge in [0.1, 0.15) is 0 Å². The minimum absolute atomic E-state index is 0.0174. The molecule has 2 aromatic carbocycles. The highest BCUT2D eigenvalue weighted by atomic mass is 79.9. The van der Waals surface area contributed by atoms with Gasteiger partial charge in [-0.25, -0.2) is 4.79 Å². The van der Waals surface area contributed by atoms with Gasteiger partial charge in [0, 0.05) is 13.4 Å². The van der Waals surface area contributed by atoms with Crippen molar-refractivity contribution in [3.63, 3.8) is 0 Å². The van der Waals surface area contributed by atoms with Crippen LogP contribution in [0.2, 0.25) is 0 Å². The third kappa shape index (κ3) is 3.72. The van der Waals surface area contributed by atoms with E-state index < -0.39 is 11.9 Å². The van der Waals surface area contributed by atoms with Crippen LogP contribution >= 0.6 is 47.8 Å². The molecule has 4 nitrogen and oxygen atoms in total. The lowest BCUT2D eigenvalue weighted by Crippen LogP contribution is -2.16. The van der Waals surface area contributed by atoms with Crippen molar-refractivity contribution in [2.75, 3.05) is 5.32 Å². The molecule has 2 N–H and O–H groups in total. The number of anilines is 1. The van der Waals surface area contributed by atoms with E-state index in [1.165, 1.54) is 6.07 Å². The fraction of sp³-hybridized carbons (Fsp3) is 0. The first-order valence-corrected chi connectivity index (χ1v) is 8.06. The van der Waals surface area contributed by atoms with Crippen LogP contribution in [-0.2, 0) is 0 Å². The Kier molecular flexibility index (Phi) is 5.18. The van der Waals surface area contributed by atoms with Crippen LogP contribution in [0.1, 0.15) is 20.7 Å². The van der Waals surface area contributed by atoms with Gasteiger partial charge >= 0.3 is 5.97 Å². The molecule has 1 amide bonds. The van der Waals surface area contributed by atoms with Crippen molar-refractivity contribution < 1.29 is 14.7 Å². The SMILES string of the molecule is O=C(Nc1c(Br)cccc1C(=O)O)c1cc(Br)ccc1Br. The van der Waals surface area contributed by atoms with Gasteiger partial charge in [0.05, 0.1) is 16.8 Å². The van der Waals surface area contributed by atoms with Crippen LogP contribution in [0.4, 0.5) is 5.69 Å². The number of hydrogen-bond acceptors (Lipinski definition) is 2. The molecule has 0 spiro atoms. The lowest BCUT2D eigenvalue weighted by molar-refractivity contribution is 0.0698. The first-order valence-electron chi connectivity index (χ1n) is 5.68. The van der Waals surface area contributed by atoms with Crippen LogP contribution in [0.5, 0.6) is 0 Å².